The smallest absolute Gasteiger partial charge is 0.0220 e. The van der Waals surface area contributed by atoms with Crippen molar-refractivity contribution in [2.75, 3.05) is 0 Å². The molecule has 3 unspecified atom stereocenters. The van der Waals surface area contributed by atoms with Gasteiger partial charge in [-0.15, -0.1) is 0 Å². The lowest BCUT2D eigenvalue weighted by Gasteiger charge is -2.34. The summed E-state index contributed by atoms with van der Waals surface area (Å²) in [4.78, 5) is 0. The van der Waals surface area contributed by atoms with E-state index >= 15 is 0 Å². The first kappa shape index (κ1) is 9.26. The number of rotatable bonds is 1. The molecule has 2 N–H and O–H groups in total. The summed E-state index contributed by atoms with van der Waals surface area (Å²) in [5, 5.41) is 0. The zero-order valence-electron chi connectivity index (χ0n) is 8.63. The molecule has 74 valence electrons. The summed E-state index contributed by atoms with van der Waals surface area (Å²) in [5.41, 5.74) is 6.62. The van der Waals surface area contributed by atoms with E-state index in [-0.39, 0.29) is 5.54 Å². The molecule has 2 rings (SSSR count). The predicted octanol–water partition coefficient (Wildman–Crippen LogP) is 2.86. The van der Waals surface area contributed by atoms with Gasteiger partial charge in [-0.3, -0.25) is 0 Å². The molecule has 0 amide bonds. The summed E-state index contributed by atoms with van der Waals surface area (Å²) in [5.74, 6) is 1.52. The fourth-order valence-electron chi connectivity index (χ4n) is 3.00. The van der Waals surface area contributed by atoms with Gasteiger partial charge in [0, 0.05) is 5.54 Å². The van der Waals surface area contributed by atoms with Gasteiger partial charge in [0.25, 0.3) is 0 Å². The van der Waals surface area contributed by atoms with Gasteiger partial charge in [0.2, 0.25) is 0 Å². The molecule has 0 saturated heterocycles. The van der Waals surface area contributed by atoms with Crippen LogP contribution in [0.4, 0.5) is 0 Å². The van der Waals surface area contributed by atoms with Crippen molar-refractivity contribution in [3.63, 3.8) is 0 Å². The Hall–Kier alpha value is -0.300. The molecule has 1 saturated carbocycles. The highest BCUT2D eigenvalue weighted by Crippen LogP contribution is 2.41. The lowest BCUT2D eigenvalue weighted by Crippen LogP contribution is -2.44. The molecule has 0 heterocycles. The van der Waals surface area contributed by atoms with Crippen LogP contribution in [0.25, 0.3) is 0 Å². The lowest BCUT2D eigenvalue weighted by atomic mass is 9.77. The van der Waals surface area contributed by atoms with E-state index in [0.29, 0.717) is 5.92 Å². The van der Waals surface area contributed by atoms with Crippen LogP contribution in [-0.4, -0.2) is 5.54 Å². The van der Waals surface area contributed by atoms with Crippen molar-refractivity contribution in [2.24, 2.45) is 17.6 Å². The molecule has 0 radical (unpaired) electrons. The van der Waals surface area contributed by atoms with Gasteiger partial charge in [-0.1, -0.05) is 19.1 Å². The van der Waals surface area contributed by atoms with E-state index in [2.05, 4.69) is 19.1 Å². The minimum Gasteiger partial charge on any atom is -0.325 e. The molecule has 0 aromatic carbocycles. The van der Waals surface area contributed by atoms with Gasteiger partial charge in [-0.2, -0.15) is 0 Å². The zero-order valence-corrected chi connectivity index (χ0v) is 8.63. The van der Waals surface area contributed by atoms with Gasteiger partial charge < -0.3 is 5.73 Å². The quantitative estimate of drug-likeness (QED) is 0.615. The van der Waals surface area contributed by atoms with Crippen molar-refractivity contribution in [3.05, 3.63) is 12.2 Å². The van der Waals surface area contributed by atoms with Crippen LogP contribution in [-0.2, 0) is 0 Å². The molecule has 13 heavy (non-hydrogen) atoms. The zero-order chi connectivity index (χ0) is 9.31. The molecule has 0 aliphatic heterocycles. The van der Waals surface area contributed by atoms with E-state index in [4.69, 9.17) is 5.73 Å². The summed E-state index contributed by atoms with van der Waals surface area (Å²) in [6.07, 6.45) is 12.4. The van der Waals surface area contributed by atoms with E-state index in [9.17, 15) is 0 Å². The van der Waals surface area contributed by atoms with Crippen LogP contribution in [0.5, 0.6) is 0 Å². The first-order valence-corrected chi connectivity index (χ1v) is 5.66. The Kier molecular flexibility index (Phi) is 2.46. The van der Waals surface area contributed by atoms with Crippen molar-refractivity contribution in [2.45, 2.75) is 51.0 Å². The van der Waals surface area contributed by atoms with E-state index in [1.54, 1.807) is 0 Å². The maximum Gasteiger partial charge on any atom is 0.0220 e. The second-order valence-corrected chi connectivity index (χ2v) is 5.05. The number of hydrogen-bond acceptors (Lipinski definition) is 1. The third-order valence-corrected chi connectivity index (χ3v) is 3.82. The van der Waals surface area contributed by atoms with Crippen LogP contribution in [0.3, 0.4) is 0 Å². The van der Waals surface area contributed by atoms with Crippen molar-refractivity contribution < 1.29 is 0 Å². The van der Waals surface area contributed by atoms with Crippen LogP contribution < -0.4 is 5.73 Å². The van der Waals surface area contributed by atoms with Crippen LogP contribution in [0, 0.1) is 11.8 Å². The molecule has 3 atom stereocenters. The monoisotopic (exact) mass is 179 g/mol. The Labute approximate surface area is 81.4 Å². The Balaban J connectivity index is 2.05. The van der Waals surface area contributed by atoms with E-state index < -0.39 is 0 Å². The predicted molar refractivity (Wildman–Crippen MR) is 56.4 cm³/mol. The molecular weight excluding hydrogens is 158 g/mol. The topological polar surface area (TPSA) is 26.0 Å². The molecule has 2 aliphatic rings. The van der Waals surface area contributed by atoms with Crippen LogP contribution in [0.1, 0.15) is 45.4 Å². The van der Waals surface area contributed by atoms with Crippen LogP contribution >= 0.6 is 0 Å². The summed E-state index contributed by atoms with van der Waals surface area (Å²) >= 11 is 0. The molecule has 1 heteroatoms. The molecular formula is C12H21N. The second kappa shape index (κ2) is 3.45. The Morgan fingerprint density at radius 3 is 2.77 bits per heavy atom. The average Bonchev–Trinajstić information content (AvgIpc) is 2.49. The van der Waals surface area contributed by atoms with Crippen LogP contribution in [0.15, 0.2) is 12.2 Å². The Morgan fingerprint density at radius 2 is 2.23 bits per heavy atom. The van der Waals surface area contributed by atoms with Gasteiger partial charge in [0.1, 0.15) is 0 Å². The molecule has 2 aliphatic carbocycles. The minimum absolute atomic E-state index is 0.149. The van der Waals surface area contributed by atoms with Crippen molar-refractivity contribution in [3.8, 4) is 0 Å². The molecule has 1 nitrogen and oxygen atoms in total. The Morgan fingerprint density at radius 1 is 1.38 bits per heavy atom. The standard InChI is InChI=1S/C12H21N/c1-10-7-8-12(13,9-10)11-5-3-2-4-6-11/h3,5,10-11H,2,4,6-9,13H2,1H3. The van der Waals surface area contributed by atoms with Crippen LogP contribution in [0.2, 0.25) is 0 Å². The minimum atomic E-state index is 0.149. The highest BCUT2D eigenvalue weighted by atomic mass is 14.8. The van der Waals surface area contributed by atoms with Gasteiger partial charge in [-0.25, -0.2) is 0 Å². The van der Waals surface area contributed by atoms with E-state index in [1.165, 1.54) is 38.5 Å². The Bertz CT molecular complexity index is 209. The summed E-state index contributed by atoms with van der Waals surface area (Å²) in [6.45, 7) is 2.33. The normalized spacial score (nSPS) is 45.4. The lowest BCUT2D eigenvalue weighted by molar-refractivity contribution is 0.292. The van der Waals surface area contributed by atoms with Crippen molar-refractivity contribution in [1.82, 2.24) is 0 Å². The fraction of sp³-hybridized carbons (Fsp3) is 0.833. The maximum absolute atomic E-state index is 6.47. The maximum atomic E-state index is 6.47. The summed E-state index contributed by atoms with van der Waals surface area (Å²) in [6, 6.07) is 0. The molecule has 0 bridgehead atoms. The second-order valence-electron chi connectivity index (χ2n) is 5.05. The molecule has 0 aromatic rings. The summed E-state index contributed by atoms with van der Waals surface area (Å²) in [7, 11) is 0. The number of nitrogens with two attached hydrogens (primary N) is 1. The highest BCUT2D eigenvalue weighted by molar-refractivity contribution is 5.07. The third-order valence-electron chi connectivity index (χ3n) is 3.82. The first-order chi connectivity index (χ1) is 6.21. The number of hydrogen-bond donors (Lipinski definition) is 1. The SMILES string of the molecule is CC1CCC(N)(C2C=CCCC2)C1. The van der Waals surface area contributed by atoms with Gasteiger partial charge in [-0.05, 0) is 50.4 Å². The third kappa shape index (κ3) is 1.80. The van der Waals surface area contributed by atoms with E-state index in [1.807, 2.05) is 0 Å². The van der Waals surface area contributed by atoms with Gasteiger partial charge in [0.05, 0.1) is 0 Å². The number of allylic oxidation sites excluding steroid dienone is 1. The van der Waals surface area contributed by atoms with Gasteiger partial charge >= 0.3 is 0 Å². The fourth-order valence-corrected chi connectivity index (χ4v) is 3.00. The molecule has 0 spiro atoms. The van der Waals surface area contributed by atoms with Crippen molar-refractivity contribution >= 4 is 0 Å². The average molecular weight is 179 g/mol. The van der Waals surface area contributed by atoms with Gasteiger partial charge in [0.15, 0.2) is 0 Å². The van der Waals surface area contributed by atoms with Crippen molar-refractivity contribution in [1.29, 1.82) is 0 Å². The summed E-state index contributed by atoms with van der Waals surface area (Å²) < 4.78 is 0. The molecule has 0 aromatic heterocycles. The molecule has 1 fully saturated rings. The largest absolute Gasteiger partial charge is 0.325 e. The van der Waals surface area contributed by atoms with E-state index in [0.717, 1.165) is 5.92 Å². The first-order valence-electron chi connectivity index (χ1n) is 5.66. The highest BCUT2D eigenvalue weighted by Gasteiger charge is 2.39.